The minimum Gasteiger partial charge on any atom is -0.508 e. The molecular weight excluding hydrogens is 1450 g/mol. The summed E-state index contributed by atoms with van der Waals surface area (Å²) >= 11 is 14.3. The van der Waals surface area contributed by atoms with Crippen LogP contribution in [-0.2, 0) is 49.5 Å². The van der Waals surface area contributed by atoms with Crippen LogP contribution in [0, 0.1) is 0 Å². The average molecular weight is 1530 g/mol. The molecule has 34 heteroatoms. The zero-order valence-corrected chi connectivity index (χ0v) is 60.2. The van der Waals surface area contributed by atoms with Gasteiger partial charge in [0, 0.05) is 62.4 Å². The van der Waals surface area contributed by atoms with E-state index in [1.165, 1.54) is 66.7 Å². The molecule has 32 nitrogen and oxygen atoms in total. The highest BCUT2D eigenvalue weighted by Crippen LogP contribution is 2.49. The monoisotopic (exact) mass is 1530 g/mol. The molecule has 6 heterocycles. The van der Waals surface area contributed by atoms with E-state index < -0.39 is 159 Å². The van der Waals surface area contributed by atoms with Gasteiger partial charge in [-0.1, -0.05) is 47.5 Å². The molecule has 108 heavy (non-hydrogen) atoms. The molecule has 0 saturated heterocycles. The number of carbonyl (C=O) groups excluding carboxylic acids is 9. The van der Waals surface area contributed by atoms with E-state index in [-0.39, 0.29) is 122 Å². The summed E-state index contributed by atoms with van der Waals surface area (Å²) in [5.74, 6) is -13.5. The number of hydrogen-bond acceptors (Lipinski definition) is 23. The molecular formula is C74H77Cl2N11O21. The first-order valence-electron chi connectivity index (χ1n) is 33.8. The van der Waals surface area contributed by atoms with Crippen LogP contribution >= 0.6 is 23.2 Å². The third-order valence-corrected chi connectivity index (χ3v) is 17.6. The van der Waals surface area contributed by atoms with Gasteiger partial charge < -0.3 is 118 Å². The Bertz CT molecular complexity index is 4740. The molecule has 0 spiro atoms. The largest absolute Gasteiger partial charge is 0.508 e. The zero-order chi connectivity index (χ0) is 77.8. The van der Waals surface area contributed by atoms with Crippen LogP contribution in [0.2, 0.25) is 10.0 Å². The smallest absolute Gasteiger partial charge is 0.408 e. The van der Waals surface area contributed by atoms with E-state index in [0.717, 1.165) is 48.5 Å². The van der Waals surface area contributed by atoms with Gasteiger partial charge in [0.1, 0.15) is 106 Å². The molecule has 0 fully saturated rings. The number of phenolic OH excluding ortho intramolecular Hbond substituents is 5. The molecule has 6 aliphatic rings. The highest BCUT2D eigenvalue weighted by Gasteiger charge is 2.42. The van der Waals surface area contributed by atoms with Crippen molar-refractivity contribution in [1.82, 2.24) is 53.2 Å². The van der Waals surface area contributed by atoms with Crippen LogP contribution in [0.5, 0.6) is 69.0 Å². The summed E-state index contributed by atoms with van der Waals surface area (Å²) in [6.07, 6.45) is -4.50. The summed E-state index contributed by atoms with van der Waals surface area (Å²) in [5.41, 5.74) is 1.86. The number of nitrogens with two attached hydrogens (primary N) is 1. The fourth-order valence-corrected chi connectivity index (χ4v) is 12.6. The summed E-state index contributed by atoms with van der Waals surface area (Å²) in [6, 6.07) is 8.56. The molecule has 17 bridgehead atoms. The molecule has 0 saturated carbocycles. The number of aliphatic hydroxyl groups is 1. The van der Waals surface area contributed by atoms with Crippen molar-refractivity contribution in [3.8, 4) is 80.1 Å². The predicted molar refractivity (Wildman–Crippen MR) is 385 cm³/mol. The fraction of sp³-hybridized carbons (Fsp3) is 0.311. The Kier molecular flexibility index (Phi) is 22.9. The van der Waals surface area contributed by atoms with Crippen molar-refractivity contribution in [2.75, 3.05) is 39.3 Å². The lowest BCUT2D eigenvalue weighted by molar-refractivity contribution is -0.137. The van der Waals surface area contributed by atoms with E-state index in [1.54, 1.807) is 41.5 Å². The van der Waals surface area contributed by atoms with E-state index in [2.05, 4.69) is 53.2 Å². The number of aromatic hydroxyl groups is 5. The minimum atomic E-state index is -2.21. The van der Waals surface area contributed by atoms with Crippen LogP contribution in [0.4, 0.5) is 9.59 Å². The first-order valence-corrected chi connectivity index (χ1v) is 34.6. The molecule has 0 unspecified atom stereocenters. The second kappa shape index (κ2) is 32.0. The summed E-state index contributed by atoms with van der Waals surface area (Å²) < 4.78 is 36.8. The average Bonchev–Trinajstić information content (AvgIpc) is 0.766. The van der Waals surface area contributed by atoms with Gasteiger partial charge in [0.15, 0.2) is 23.0 Å². The van der Waals surface area contributed by atoms with Crippen molar-refractivity contribution < 1.29 is 102 Å². The summed E-state index contributed by atoms with van der Waals surface area (Å²) in [6.45, 7) is 9.67. The number of amides is 9. The number of hydrogen-bond donors (Lipinski definition) is 17. The van der Waals surface area contributed by atoms with E-state index in [0.29, 0.717) is 6.54 Å². The summed E-state index contributed by atoms with van der Waals surface area (Å²) in [7, 11) is 0. The van der Waals surface area contributed by atoms with E-state index in [4.69, 9.17) is 57.4 Å². The van der Waals surface area contributed by atoms with Gasteiger partial charge in [0.05, 0.1) is 10.0 Å². The third kappa shape index (κ3) is 18.1. The second-order valence-electron chi connectivity index (χ2n) is 27.4. The molecule has 0 aromatic heterocycles. The molecule has 0 radical (unpaired) electrons. The molecule has 18 N–H and O–H groups in total. The molecule has 6 aliphatic heterocycles. The maximum atomic E-state index is 16.3. The number of alkyl carbamates (subject to hydrolysis) is 2. The molecule has 9 amide bonds. The Labute approximate surface area is 626 Å². The van der Waals surface area contributed by atoms with Crippen molar-refractivity contribution in [3.05, 3.63) is 164 Å². The van der Waals surface area contributed by atoms with Crippen molar-refractivity contribution in [3.63, 3.8) is 0 Å². The lowest BCUT2D eigenvalue weighted by Gasteiger charge is -2.32. The minimum absolute atomic E-state index is 0.00696. The third-order valence-electron chi connectivity index (χ3n) is 17.0. The highest BCUT2D eigenvalue weighted by atomic mass is 35.5. The van der Waals surface area contributed by atoms with Crippen LogP contribution < -0.4 is 77.8 Å². The number of ether oxygens (including phenoxy) is 6. The first-order chi connectivity index (χ1) is 51.2. The topological polar surface area (TPSA) is 477 Å². The number of benzene rings is 7. The normalized spacial score (nSPS) is 19.9. The van der Waals surface area contributed by atoms with Gasteiger partial charge in [-0.2, -0.15) is 0 Å². The Hall–Kier alpha value is -12.0. The second-order valence-corrected chi connectivity index (χ2v) is 28.3. The number of carbonyl (C=O) groups is 9. The molecule has 7 aromatic carbocycles. The number of rotatable bonds is 11. The van der Waals surface area contributed by atoms with Crippen molar-refractivity contribution in [2.24, 2.45) is 5.73 Å². The molecule has 568 valence electrons. The van der Waals surface area contributed by atoms with Gasteiger partial charge in [-0.3, -0.25) is 33.6 Å². The number of phenols is 5. The van der Waals surface area contributed by atoms with Gasteiger partial charge in [-0.25, -0.2) is 9.59 Å². The lowest BCUT2D eigenvalue weighted by Crippen LogP contribution is -2.56. The van der Waals surface area contributed by atoms with Crippen LogP contribution in [-0.4, -0.2) is 147 Å². The molecule has 13 rings (SSSR count). The Morgan fingerprint density at radius 1 is 0.528 bits per heavy atom. The summed E-state index contributed by atoms with van der Waals surface area (Å²) in [5, 5.41) is 96.3. The van der Waals surface area contributed by atoms with E-state index >= 15 is 24.0 Å². The van der Waals surface area contributed by atoms with Crippen LogP contribution in [0.25, 0.3) is 11.1 Å². The van der Waals surface area contributed by atoms with Gasteiger partial charge >= 0.3 is 12.2 Å². The van der Waals surface area contributed by atoms with Gasteiger partial charge in [0.25, 0.3) is 0 Å². The fourth-order valence-electron chi connectivity index (χ4n) is 12.1. The van der Waals surface area contributed by atoms with Crippen molar-refractivity contribution in [1.29, 1.82) is 0 Å². The van der Waals surface area contributed by atoms with Crippen molar-refractivity contribution >= 4 is 76.7 Å². The van der Waals surface area contributed by atoms with Gasteiger partial charge in [-0.15, -0.1) is 0 Å². The maximum Gasteiger partial charge on any atom is 0.408 e. The van der Waals surface area contributed by atoms with E-state index in [9.17, 15) is 49.8 Å². The Morgan fingerprint density at radius 3 is 1.78 bits per heavy atom. The highest BCUT2D eigenvalue weighted by molar-refractivity contribution is 6.32. The lowest BCUT2D eigenvalue weighted by atomic mass is 9.89. The SMILES string of the molecule is CC(C)(C)OC(=O)NCCNC(=O)[C@H]1NC(=O)[C@H]2NC(=O)[C@H](NC(=O)[C@@H]3NC(=O)[C@H]4NC(=O)[C@@H](Cc5ccc(c(Cl)c5)Oc5cc3cc(c5OCCNCCN)Oc3ccc(cc3Cl)[C@H]2O)NC(=O)[C@@H](NC(=O)OC(C)(C)C)c2ccc(O)c(c2)Oc2cc(O)cc4c2)c2ccc(O)c(c2)-c2c(O)cc(O)cc21. The Morgan fingerprint density at radius 2 is 1.11 bits per heavy atom. The van der Waals surface area contributed by atoms with Crippen LogP contribution in [0.3, 0.4) is 0 Å². The maximum absolute atomic E-state index is 16.3. The Balaban J connectivity index is 1.12. The number of halogens is 2. The predicted octanol–water partition coefficient (Wildman–Crippen LogP) is 6.33. The van der Waals surface area contributed by atoms with Crippen molar-refractivity contribution in [2.45, 2.75) is 108 Å². The quantitative estimate of drug-likeness (QED) is 0.0629. The van der Waals surface area contributed by atoms with Crippen LogP contribution in [0.15, 0.2) is 115 Å². The molecule has 7 aromatic rings. The molecule has 0 aliphatic carbocycles. The first kappa shape index (κ1) is 77.1. The van der Waals surface area contributed by atoms with E-state index in [1.807, 2.05) is 0 Å². The summed E-state index contributed by atoms with van der Waals surface area (Å²) in [4.78, 5) is 135. The van der Waals surface area contributed by atoms with Gasteiger partial charge in [0.2, 0.25) is 47.1 Å². The standard InChI is InChI=1S/C74H77Cl2N11O21/c1-73(2,3)107-71(101)80-18-17-79-65(95)60-43-31-40(89)32-49(92)55(43)42-25-34(8-11-47(42)90)56-67(97)86-61(70(100)85-60)62(93)36-10-14-51(45(76)26-36)106-54-29-38-28-53(63(54)103-20-19-78-16-15-77)105-50-13-7-33(21-44(50)75)22-46-64(94)82-58(68(98)84-59(38)69(99)83-56)37-23-39(88)30-41(24-37)104-52-27-35(9-12-48(52)91)57(66(96)81-46)87-72(102)108-74(4,5)6/h7-14,21,23-32,46,56-62,78,88-93H,15-20,22,77H2,1-6H3,(H,79,95)(H,80,101)(H,81,96)(H,82,94)(H,83,99)(H,84,98)(H,85,100)(H,86,97)(H,87,102)/t46-,56-,57+,58+,59-,60+,61+,62-/m1/s1. The number of fused-ring (bicyclic) bond motifs is 14. The van der Waals surface area contributed by atoms with Gasteiger partial charge in [-0.05, 0) is 159 Å². The molecule has 8 atom stereocenters. The number of nitrogens with one attached hydrogen (secondary N) is 10. The number of aliphatic hydroxyl groups excluding tert-OH is 1. The van der Waals surface area contributed by atoms with Crippen LogP contribution in [0.1, 0.15) is 117 Å². The zero-order valence-electron chi connectivity index (χ0n) is 58.7.